The largest absolute Gasteiger partial charge is 0.444 e. The number of rotatable bonds is 24. The lowest BCUT2D eigenvalue weighted by Crippen LogP contribution is -2.60. The van der Waals surface area contributed by atoms with Crippen molar-refractivity contribution in [3.8, 4) is 0 Å². The van der Waals surface area contributed by atoms with Crippen LogP contribution in [-0.4, -0.2) is 139 Å². The van der Waals surface area contributed by atoms with Gasteiger partial charge in [-0.05, 0) is 70.4 Å². The van der Waals surface area contributed by atoms with Gasteiger partial charge < -0.3 is 40.0 Å². The molecule has 0 aliphatic carbocycles. The van der Waals surface area contributed by atoms with Gasteiger partial charge in [0.15, 0.2) is 0 Å². The van der Waals surface area contributed by atoms with E-state index in [1.807, 2.05) is 101 Å². The molecule has 64 heavy (non-hydrogen) atoms. The van der Waals surface area contributed by atoms with Crippen LogP contribution in [0.4, 0.5) is 4.79 Å². The van der Waals surface area contributed by atoms with Crippen molar-refractivity contribution in [2.45, 2.75) is 149 Å². The second-order valence-corrected chi connectivity index (χ2v) is 20.0. The molecule has 1 fully saturated rings. The number of aromatic nitrogens is 1. The second-order valence-electron chi connectivity index (χ2n) is 19.0. The number of thiazole rings is 1. The van der Waals surface area contributed by atoms with Crippen LogP contribution in [0.25, 0.3) is 0 Å². The fraction of sp³-hybridized carbons (Fsp3) is 0.708. The number of carbonyl (C=O) groups is 5. The topological polar surface area (TPSA) is 172 Å². The average molecular weight is 914 g/mol. The Morgan fingerprint density at radius 3 is 2.16 bits per heavy atom. The van der Waals surface area contributed by atoms with E-state index in [0.29, 0.717) is 32.4 Å². The van der Waals surface area contributed by atoms with Crippen LogP contribution in [0.15, 0.2) is 41.9 Å². The van der Waals surface area contributed by atoms with E-state index >= 15 is 0 Å². The Morgan fingerprint density at radius 2 is 1.61 bits per heavy atom. The molecule has 3 rings (SSSR count). The highest BCUT2D eigenvalue weighted by Gasteiger charge is 2.43. The minimum absolute atomic E-state index is 0.0100. The Balaban J connectivity index is 1.76. The molecule has 16 heteroatoms. The van der Waals surface area contributed by atoms with Crippen LogP contribution in [0, 0.1) is 23.7 Å². The number of methoxy groups -OCH3 is 2. The van der Waals surface area contributed by atoms with Crippen molar-refractivity contribution in [2.24, 2.45) is 23.7 Å². The molecule has 1 saturated heterocycles. The highest BCUT2D eigenvalue weighted by Crippen LogP contribution is 2.31. The summed E-state index contributed by atoms with van der Waals surface area (Å²) in [6.45, 7) is 20.2. The summed E-state index contributed by atoms with van der Waals surface area (Å²) >= 11 is 1.50. The van der Waals surface area contributed by atoms with Gasteiger partial charge in [0.05, 0.1) is 48.7 Å². The number of nitrogens with one attached hydrogen (secondary N) is 3. The van der Waals surface area contributed by atoms with Gasteiger partial charge in [0.2, 0.25) is 23.6 Å². The SMILES string of the molecule is CC[C@H](C)[C@@H]([C@@H](CC(=O)N1CCC[C@H]1[C@H](OC)[C@@H](C)C(=O)N[C@@H](Cc1ccccc1)c1nccs1)OC)N(C)C(=O)[C@@H](NC(=O)[C@H](C(C)C)N(C)CCNC(=O)OC(C)(C)C)C(C)C. The lowest BCUT2D eigenvalue weighted by molar-refractivity contribution is -0.148. The number of ether oxygens (including phenoxy) is 3. The number of amides is 5. The van der Waals surface area contributed by atoms with Crippen molar-refractivity contribution in [1.29, 1.82) is 0 Å². The molecule has 0 saturated carbocycles. The van der Waals surface area contributed by atoms with Crippen LogP contribution in [0.1, 0.15) is 112 Å². The summed E-state index contributed by atoms with van der Waals surface area (Å²) in [7, 11) is 6.70. The minimum atomic E-state index is -0.854. The Bertz CT molecular complexity index is 1760. The van der Waals surface area contributed by atoms with Gasteiger partial charge in [-0.15, -0.1) is 11.3 Å². The zero-order valence-corrected chi connectivity index (χ0v) is 41.8. The van der Waals surface area contributed by atoms with Gasteiger partial charge in [0.25, 0.3) is 0 Å². The average Bonchev–Trinajstić information content (AvgIpc) is 3.95. The molecule has 3 N–H and O–H groups in total. The first-order valence-corrected chi connectivity index (χ1v) is 23.9. The van der Waals surface area contributed by atoms with Gasteiger partial charge in [-0.1, -0.05) is 85.2 Å². The molecule has 0 radical (unpaired) electrons. The van der Waals surface area contributed by atoms with Gasteiger partial charge in [-0.2, -0.15) is 0 Å². The highest BCUT2D eigenvalue weighted by molar-refractivity contribution is 7.09. The predicted octanol–water partition coefficient (Wildman–Crippen LogP) is 6.09. The predicted molar refractivity (Wildman–Crippen MR) is 252 cm³/mol. The van der Waals surface area contributed by atoms with Crippen LogP contribution in [-0.2, 0) is 39.8 Å². The van der Waals surface area contributed by atoms with Crippen molar-refractivity contribution in [1.82, 2.24) is 35.6 Å². The first-order chi connectivity index (χ1) is 30.1. The van der Waals surface area contributed by atoms with Crippen molar-refractivity contribution >= 4 is 41.1 Å². The fourth-order valence-electron chi connectivity index (χ4n) is 8.84. The first kappa shape index (κ1) is 54.2. The van der Waals surface area contributed by atoms with Crippen LogP contribution < -0.4 is 16.0 Å². The molecular formula is C48H79N7O8S. The number of carbonyl (C=O) groups excluding carboxylic acids is 5. The summed E-state index contributed by atoms with van der Waals surface area (Å²) in [5, 5.41) is 11.8. The van der Waals surface area contributed by atoms with Crippen molar-refractivity contribution in [3.05, 3.63) is 52.5 Å². The quantitative estimate of drug-likeness (QED) is 0.112. The van der Waals surface area contributed by atoms with E-state index < -0.39 is 47.9 Å². The summed E-state index contributed by atoms with van der Waals surface area (Å²) < 4.78 is 17.5. The van der Waals surface area contributed by atoms with Gasteiger partial charge >= 0.3 is 6.09 Å². The van der Waals surface area contributed by atoms with Gasteiger partial charge in [-0.3, -0.25) is 24.1 Å². The van der Waals surface area contributed by atoms with Crippen LogP contribution >= 0.6 is 11.3 Å². The van der Waals surface area contributed by atoms with E-state index in [9.17, 15) is 24.0 Å². The molecular weight excluding hydrogens is 835 g/mol. The van der Waals surface area contributed by atoms with Crippen LogP contribution in [0.3, 0.4) is 0 Å². The highest BCUT2D eigenvalue weighted by atomic mass is 32.1. The Labute approximate surface area is 387 Å². The third kappa shape index (κ3) is 15.5. The zero-order valence-electron chi connectivity index (χ0n) is 41.0. The lowest BCUT2D eigenvalue weighted by Gasteiger charge is -2.41. The van der Waals surface area contributed by atoms with Crippen molar-refractivity contribution in [2.75, 3.05) is 47.9 Å². The molecule has 0 spiro atoms. The van der Waals surface area contributed by atoms with Gasteiger partial charge in [0.1, 0.15) is 16.7 Å². The molecule has 15 nitrogen and oxygen atoms in total. The number of hydrogen-bond donors (Lipinski definition) is 3. The number of alkyl carbamates (subject to hydrolysis) is 1. The third-order valence-corrected chi connectivity index (χ3v) is 13.2. The van der Waals surface area contributed by atoms with Crippen molar-refractivity contribution in [3.63, 3.8) is 0 Å². The molecule has 2 heterocycles. The van der Waals surface area contributed by atoms with E-state index in [-0.39, 0.29) is 66.4 Å². The summed E-state index contributed by atoms with van der Waals surface area (Å²) in [6, 6.07) is 7.39. The molecule has 1 aliphatic rings. The number of likely N-dealkylation sites (N-methyl/N-ethyl adjacent to an activating group) is 2. The zero-order chi connectivity index (χ0) is 47.9. The minimum Gasteiger partial charge on any atom is -0.444 e. The fourth-order valence-corrected chi connectivity index (χ4v) is 9.53. The maximum absolute atomic E-state index is 14.6. The van der Waals surface area contributed by atoms with Gasteiger partial charge in [0, 0.05) is 52.5 Å². The Kier molecular flexibility index (Phi) is 21.6. The standard InChI is InChI=1S/C48H79N7O8S/c1-15-32(6)41(54(12)46(59)39(30(2)3)52-44(58)40(31(4)5)53(11)26-23-50-47(60)63-48(8,9)10)37(61-13)29-38(56)55-25-19-22-36(55)42(62-14)33(7)43(57)51-35(45-49-24-27-64-45)28-34-20-17-16-18-21-34/h16-18,20-21,24,27,30-33,35-37,39-42H,15,19,22-23,25-26,28-29H2,1-14H3,(H,50,60)(H,51,57)(H,52,58)/t32-,33+,35-,36-,37+,39-,40-,41-,42+/m0/s1. The molecule has 360 valence electrons. The Hall–Kier alpha value is -4.12. The third-order valence-electron chi connectivity index (χ3n) is 12.3. The van der Waals surface area contributed by atoms with E-state index in [2.05, 4.69) is 20.9 Å². The first-order valence-electron chi connectivity index (χ1n) is 23.0. The van der Waals surface area contributed by atoms with Crippen LogP contribution in [0.2, 0.25) is 0 Å². The van der Waals surface area contributed by atoms with Crippen LogP contribution in [0.5, 0.6) is 0 Å². The molecule has 0 bridgehead atoms. The second kappa shape index (κ2) is 25.5. The number of hydrogen-bond acceptors (Lipinski definition) is 11. The molecule has 1 aromatic carbocycles. The molecule has 9 atom stereocenters. The molecule has 0 unspecified atom stereocenters. The van der Waals surface area contributed by atoms with E-state index in [0.717, 1.165) is 17.0 Å². The number of nitrogens with zero attached hydrogens (tertiary/aromatic N) is 4. The normalized spacial score (nSPS) is 18.1. The summed E-state index contributed by atoms with van der Waals surface area (Å²) in [5.74, 6) is -1.88. The molecule has 1 aliphatic heterocycles. The van der Waals surface area contributed by atoms with E-state index in [4.69, 9.17) is 14.2 Å². The molecule has 5 amide bonds. The smallest absolute Gasteiger partial charge is 0.407 e. The monoisotopic (exact) mass is 914 g/mol. The summed E-state index contributed by atoms with van der Waals surface area (Å²) in [4.78, 5) is 79.1. The van der Waals surface area contributed by atoms with E-state index in [1.165, 1.54) is 11.3 Å². The molecule has 2 aromatic rings. The summed E-state index contributed by atoms with van der Waals surface area (Å²) in [6.07, 6.45) is 2.72. The van der Waals surface area contributed by atoms with Crippen molar-refractivity contribution < 1.29 is 38.2 Å². The summed E-state index contributed by atoms with van der Waals surface area (Å²) in [5.41, 5.74) is 0.452. The van der Waals surface area contributed by atoms with Gasteiger partial charge in [-0.25, -0.2) is 9.78 Å². The lowest BCUT2D eigenvalue weighted by atomic mass is 9.89. The number of benzene rings is 1. The molecule has 1 aromatic heterocycles. The Morgan fingerprint density at radius 1 is 0.938 bits per heavy atom. The number of likely N-dealkylation sites (tertiary alicyclic amines) is 1. The maximum Gasteiger partial charge on any atom is 0.407 e. The van der Waals surface area contributed by atoms with E-state index in [1.54, 1.807) is 53.1 Å². The maximum atomic E-state index is 14.6.